The van der Waals surface area contributed by atoms with E-state index in [1.165, 1.54) is 0 Å². The highest BCUT2D eigenvalue weighted by Gasteiger charge is 2.27. The second-order valence-electron chi connectivity index (χ2n) is 7.45. The van der Waals surface area contributed by atoms with Crippen molar-refractivity contribution < 1.29 is 13.7 Å². The first-order valence-electron chi connectivity index (χ1n) is 9.69. The van der Waals surface area contributed by atoms with E-state index in [-0.39, 0.29) is 11.9 Å². The Labute approximate surface area is 168 Å². The molecule has 1 amide bonds. The zero-order valence-electron chi connectivity index (χ0n) is 16.2. The molecule has 1 fully saturated rings. The van der Waals surface area contributed by atoms with Crippen molar-refractivity contribution in [3.05, 3.63) is 52.9 Å². The van der Waals surface area contributed by atoms with Crippen molar-refractivity contribution in [1.29, 1.82) is 0 Å². The van der Waals surface area contributed by atoms with Crippen LogP contribution in [0.5, 0.6) is 0 Å². The summed E-state index contributed by atoms with van der Waals surface area (Å²) in [5, 5.41) is 8.91. The number of nitrogens with zero attached hydrogens (tertiary/aromatic N) is 2. The summed E-state index contributed by atoms with van der Waals surface area (Å²) in [6.07, 6.45) is 2.33. The number of nitrogens with one attached hydrogen (secondary N) is 1. The SMILES string of the molecule is Cc1ccc([C@H](CNC(=O)c2cc(-c3cccs3)on2)N2CCC(C)CC2)o1. The Morgan fingerprint density at radius 2 is 2.18 bits per heavy atom. The summed E-state index contributed by atoms with van der Waals surface area (Å²) in [6.45, 7) is 6.73. The summed E-state index contributed by atoms with van der Waals surface area (Å²) in [6, 6.07) is 9.58. The van der Waals surface area contributed by atoms with E-state index in [4.69, 9.17) is 8.94 Å². The Bertz CT molecular complexity index is 907. The fourth-order valence-electron chi connectivity index (χ4n) is 3.58. The number of likely N-dealkylation sites (tertiary alicyclic amines) is 1. The van der Waals surface area contributed by atoms with Gasteiger partial charge in [-0.05, 0) is 62.4 Å². The first-order chi connectivity index (χ1) is 13.6. The maximum absolute atomic E-state index is 12.6. The normalized spacial score (nSPS) is 16.9. The van der Waals surface area contributed by atoms with Gasteiger partial charge < -0.3 is 14.3 Å². The van der Waals surface area contributed by atoms with Crippen LogP contribution < -0.4 is 5.32 Å². The number of furan rings is 1. The highest BCUT2D eigenvalue weighted by atomic mass is 32.1. The molecule has 148 valence electrons. The van der Waals surface area contributed by atoms with E-state index in [0.29, 0.717) is 18.0 Å². The quantitative estimate of drug-likeness (QED) is 0.660. The van der Waals surface area contributed by atoms with Gasteiger partial charge in [-0.15, -0.1) is 11.3 Å². The Morgan fingerprint density at radius 3 is 2.86 bits per heavy atom. The molecular weight excluding hydrogens is 374 g/mol. The van der Waals surface area contributed by atoms with E-state index < -0.39 is 0 Å². The van der Waals surface area contributed by atoms with Gasteiger partial charge >= 0.3 is 0 Å². The molecule has 0 saturated carbocycles. The minimum Gasteiger partial charge on any atom is -0.465 e. The minimum absolute atomic E-state index is 0.0221. The van der Waals surface area contributed by atoms with Gasteiger partial charge in [-0.2, -0.15) is 0 Å². The van der Waals surface area contributed by atoms with Gasteiger partial charge in [-0.25, -0.2) is 0 Å². The highest BCUT2D eigenvalue weighted by Crippen LogP contribution is 2.28. The summed E-state index contributed by atoms with van der Waals surface area (Å²) >= 11 is 1.55. The molecule has 7 heteroatoms. The van der Waals surface area contributed by atoms with Crippen molar-refractivity contribution in [3.8, 4) is 10.6 Å². The number of carbonyl (C=O) groups excluding carboxylic acids is 1. The molecule has 3 aromatic heterocycles. The number of piperidine rings is 1. The largest absolute Gasteiger partial charge is 0.465 e. The van der Waals surface area contributed by atoms with Crippen LogP contribution in [0.25, 0.3) is 10.6 Å². The third-order valence-electron chi connectivity index (χ3n) is 5.31. The monoisotopic (exact) mass is 399 g/mol. The number of thiophene rings is 1. The van der Waals surface area contributed by atoms with Gasteiger partial charge in [0.2, 0.25) is 0 Å². The number of carbonyl (C=O) groups is 1. The zero-order chi connectivity index (χ0) is 19.5. The van der Waals surface area contributed by atoms with Crippen LogP contribution in [-0.4, -0.2) is 35.6 Å². The molecule has 0 unspecified atom stereocenters. The first kappa shape index (κ1) is 19.0. The third-order valence-corrected chi connectivity index (χ3v) is 6.20. The topological polar surface area (TPSA) is 71.5 Å². The average Bonchev–Trinajstić information content (AvgIpc) is 3.44. The molecule has 0 bridgehead atoms. The molecule has 0 aromatic carbocycles. The van der Waals surface area contributed by atoms with Crippen LogP contribution in [-0.2, 0) is 0 Å². The van der Waals surface area contributed by atoms with Crippen molar-refractivity contribution in [2.45, 2.75) is 32.7 Å². The first-order valence-corrected chi connectivity index (χ1v) is 10.6. The predicted octanol–water partition coefficient (Wildman–Crippen LogP) is 4.51. The second-order valence-corrected chi connectivity index (χ2v) is 8.39. The van der Waals surface area contributed by atoms with Gasteiger partial charge in [0, 0.05) is 12.6 Å². The molecule has 4 rings (SSSR count). The van der Waals surface area contributed by atoms with Gasteiger partial charge in [0.25, 0.3) is 5.91 Å². The Balaban J connectivity index is 1.44. The van der Waals surface area contributed by atoms with Gasteiger partial charge in [0.15, 0.2) is 11.5 Å². The van der Waals surface area contributed by atoms with Crippen molar-refractivity contribution in [2.24, 2.45) is 5.92 Å². The lowest BCUT2D eigenvalue weighted by Crippen LogP contribution is -2.41. The summed E-state index contributed by atoms with van der Waals surface area (Å²) < 4.78 is 11.2. The lowest BCUT2D eigenvalue weighted by molar-refractivity contribution is 0.0887. The maximum atomic E-state index is 12.6. The molecule has 6 nitrogen and oxygen atoms in total. The third kappa shape index (κ3) is 4.20. The van der Waals surface area contributed by atoms with E-state index in [0.717, 1.165) is 48.2 Å². The second kappa shape index (κ2) is 8.32. The van der Waals surface area contributed by atoms with Crippen LogP contribution in [0.1, 0.15) is 47.8 Å². The summed E-state index contributed by atoms with van der Waals surface area (Å²) in [5.41, 5.74) is 0.296. The van der Waals surface area contributed by atoms with E-state index in [1.54, 1.807) is 17.4 Å². The zero-order valence-corrected chi connectivity index (χ0v) is 17.0. The highest BCUT2D eigenvalue weighted by molar-refractivity contribution is 7.13. The Kier molecular flexibility index (Phi) is 5.64. The van der Waals surface area contributed by atoms with Crippen LogP contribution >= 0.6 is 11.3 Å². The molecule has 1 aliphatic heterocycles. The lowest BCUT2D eigenvalue weighted by atomic mass is 9.97. The van der Waals surface area contributed by atoms with Crippen LogP contribution in [0.15, 0.2) is 44.7 Å². The fraction of sp³-hybridized carbons (Fsp3) is 0.429. The predicted molar refractivity (Wildman–Crippen MR) is 108 cm³/mol. The molecule has 3 aromatic rings. The molecule has 0 spiro atoms. The van der Waals surface area contributed by atoms with Crippen LogP contribution in [0.4, 0.5) is 0 Å². The molecule has 1 atom stereocenters. The van der Waals surface area contributed by atoms with Crippen molar-refractivity contribution in [2.75, 3.05) is 19.6 Å². The van der Waals surface area contributed by atoms with Crippen molar-refractivity contribution in [3.63, 3.8) is 0 Å². The average molecular weight is 400 g/mol. The summed E-state index contributed by atoms with van der Waals surface area (Å²) in [5.74, 6) is 2.91. The Hall–Kier alpha value is -2.38. The fourth-order valence-corrected chi connectivity index (χ4v) is 4.25. The summed E-state index contributed by atoms with van der Waals surface area (Å²) in [4.78, 5) is 16.0. The number of rotatable bonds is 6. The smallest absolute Gasteiger partial charge is 0.273 e. The number of amides is 1. The molecular formula is C21H25N3O3S. The van der Waals surface area contributed by atoms with E-state index in [1.807, 2.05) is 36.6 Å². The number of hydrogen-bond donors (Lipinski definition) is 1. The van der Waals surface area contributed by atoms with Gasteiger partial charge in [0.05, 0.1) is 10.9 Å². The molecule has 4 heterocycles. The van der Waals surface area contributed by atoms with Crippen molar-refractivity contribution >= 4 is 17.2 Å². The maximum Gasteiger partial charge on any atom is 0.273 e. The van der Waals surface area contributed by atoms with E-state index in [2.05, 4.69) is 22.3 Å². The lowest BCUT2D eigenvalue weighted by Gasteiger charge is -2.35. The minimum atomic E-state index is -0.231. The van der Waals surface area contributed by atoms with E-state index in [9.17, 15) is 4.79 Å². The number of aromatic nitrogens is 1. The standard InChI is InChI=1S/C21H25N3O3S/c1-14-7-9-24(10-8-14)17(18-6-5-15(2)26-18)13-22-21(25)16-12-19(27-23-16)20-4-3-11-28-20/h3-6,11-12,14,17H,7-10,13H2,1-2H3,(H,22,25)/t17-/m0/s1. The van der Waals surface area contributed by atoms with Gasteiger partial charge in [-0.3, -0.25) is 9.69 Å². The van der Waals surface area contributed by atoms with Crippen LogP contribution in [0.2, 0.25) is 0 Å². The summed E-state index contributed by atoms with van der Waals surface area (Å²) in [7, 11) is 0. The van der Waals surface area contributed by atoms with Crippen LogP contribution in [0, 0.1) is 12.8 Å². The van der Waals surface area contributed by atoms with Gasteiger partial charge in [-0.1, -0.05) is 18.1 Å². The molecule has 1 N–H and O–H groups in total. The molecule has 28 heavy (non-hydrogen) atoms. The van der Waals surface area contributed by atoms with E-state index >= 15 is 0 Å². The van der Waals surface area contributed by atoms with Crippen LogP contribution in [0.3, 0.4) is 0 Å². The molecule has 1 aliphatic rings. The van der Waals surface area contributed by atoms with Crippen molar-refractivity contribution in [1.82, 2.24) is 15.4 Å². The molecule has 1 saturated heterocycles. The van der Waals surface area contributed by atoms with Gasteiger partial charge in [0.1, 0.15) is 11.5 Å². The Morgan fingerprint density at radius 1 is 1.36 bits per heavy atom. The number of aryl methyl sites for hydroxylation is 1. The molecule has 0 radical (unpaired) electrons. The number of hydrogen-bond acceptors (Lipinski definition) is 6. The molecule has 0 aliphatic carbocycles.